The SMILES string of the molecule is CC/C=C\C/C=C\C/C=C\C/C=C\CCCCCCCCCCCCCCCCCCCCCCCCC(=O)OCC(COC(=O)CCCCCCCCCCC)OC(=O)CCCCCCC/C=C\CCC. The van der Waals surface area contributed by atoms with Gasteiger partial charge in [-0.2, -0.15) is 0 Å². The molecule has 0 bridgehead atoms. The number of esters is 3. The summed E-state index contributed by atoms with van der Waals surface area (Å²) in [6.07, 6.45) is 77.0. The third-order valence-corrected chi connectivity index (χ3v) is 13.7. The maximum Gasteiger partial charge on any atom is 0.306 e. The second-order valence-electron chi connectivity index (χ2n) is 20.9. The Kier molecular flexibility index (Phi) is 58.2. The normalized spacial score (nSPS) is 12.4. The number of hydrogen-bond acceptors (Lipinski definition) is 6. The van der Waals surface area contributed by atoms with Crippen LogP contribution in [-0.4, -0.2) is 37.2 Å². The van der Waals surface area contributed by atoms with Gasteiger partial charge in [0.15, 0.2) is 6.10 Å². The molecule has 6 nitrogen and oxygen atoms in total. The van der Waals surface area contributed by atoms with Crippen molar-refractivity contribution in [3.05, 3.63) is 60.8 Å². The Bertz CT molecular complexity index is 1290. The van der Waals surface area contributed by atoms with Crippen molar-refractivity contribution in [3.63, 3.8) is 0 Å². The summed E-state index contributed by atoms with van der Waals surface area (Å²) < 4.78 is 16.8. The van der Waals surface area contributed by atoms with Crippen molar-refractivity contribution < 1.29 is 28.6 Å². The maximum atomic E-state index is 12.7. The van der Waals surface area contributed by atoms with Gasteiger partial charge < -0.3 is 14.2 Å². The molecule has 0 rings (SSSR count). The second kappa shape index (κ2) is 60.7. The number of unbranched alkanes of at least 4 members (excludes halogenated alkanes) is 36. The average Bonchev–Trinajstić information content (AvgIpc) is 3.38. The molecule has 0 aliphatic rings. The van der Waals surface area contributed by atoms with Crippen molar-refractivity contribution in [1.29, 1.82) is 0 Å². The van der Waals surface area contributed by atoms with Crippen LogP contribution in [0, 0.1) is 0 Å². The Morgan fingerprint density at radius 2 is 0.569 bits per heavy atom. The molecule has 72 heavy (non-hydrogen) atoms. The molecule has 0 amide bonds. The van der Waals surface area contributed by atoms with Crippen molar-refractivity contribution in [2.75, 3.05) is 13.2 Å². The number of rotatable bonds is 57. The first kappa shape index (κ1) is 69.1. The predicted molar refractivity (Wildman–Crippen MR) is 312 cm³/mol. The van der Waals surface area contributed by atoms with Crippen LogP contribution in [-0.2, 0) is 28.6 Å². The summed E-state index contributed by atoms with van der Waals surface area (Å²) in [6, 6.07) is 0. The van der Waals surface area contributed by atoms with Gasteiger partial charge in [-0.1, -0.05) is 287 Å². The molecular formula is C66H118O6. The van der Waals surface area contributed by atoms with Crippen LogP contribution in [0.4, 0.5) is 0 Å². The van der Waals surface area contributed by atoms with Crippen LogP contribution in [0.3, 0.4) is 0 Å². The average molecular weight is 1010 g/mol. The summed E-state index contributed by atoms with van der Waals surface area (Å²) in [5, 5.41) is 0. The van der Waals surface area contributed by atoms with Gasteiger partial charge in [0.2, 0.25) is 0 Å². The molecule has 0 heterocycles. The fourth-order valence-corrected chi connectivity index (χ4v) is 9.09. The first-order chi connectivity index (χ1) is 35.5. The molecule has 0 aromatic rings. The Balaban J connectivity index is 3.90. The van der Waals surface area contributed by atoms with Crippen LogP contribution < -0.4 is 0 Å². The number of hydrogen-bond donors (Lipinski definition) is 0. The van der Waals surface area contributed by atoms with E-state index in [1.807, 2.05) is 0 Å². The number of allylic oxidation sites excluding steroid dienone is 10. The van der Waals surface area contributed by atoms with E-state index in [9.17, 15) is 14.4 Å². The Labute approximate surface area is 447 Å². The highest BCUT2D eigenvalue weighted by Gasteiger charge is 2.19. The smallest absolute Gasteiger partial charge is 0.306 e. The Morgan fingerprint density at radius 3 is 0.917 bits per heavy atom. The molecule has 1 unspecified atom stereocenters. The lowest BCUT2D eigenvalue weighted by Crippen LogP contribution is -2.30. The van der Waals surface area contributed by atoms with E-state index >= 15 is 0 Å². The quantitative estimate of drug-likeness (QED) is 0.0261. The van der Waals surface area contributed by atoms with Crippen molar-refractivity contribution in [2.45, 2.75) is 329 Å². The Morgan fingerprint density at radius 1 is 0.292 bits per heavy atom. The van der Waals surface area contributed by atoms with Crippen molar-refractivity contribution in [3.8, 4) is 0 Å². The minimum Gasteiger partial charge on any atom is -0.462 e. The molecule has 0 saturated carbocycles. The second-order valence-corrected chi connectivity index (χ2v) is 20.9. The van der Waals surface area contributed by atoms with Crippen molar-refractivity contribution in [1.82, 2.24) is 0 Å². The van der Waals surface area contributed by atoms with E-state index in [0.717, 1.165) is 103 Å². The topological polar surface area (TPSA) is 78.9 Å². The molecule has 0 aromatic heterocycles. The lowest BCUT2D eigenvalue weighted by molar-refractivity contribution is -0.167. The van der Waals surface area contributed by atoms with Gasteiger partial charge in [-0.25, -0.2) is 0 Å². The van der Waals surface area contributed by atoms with Crippen LogP contribution >= 0.6 is 0 Å². The predicted octanol–water partition coefficient (Wildman–Crippen LogP) is 21.2. The molecule has 0 saturated heterocycles. The summed E-state index contributed by atoms with van der Waals surface area (Å²) in [6.45, 7) is 6.47. The van der Waals surface area contributed by atoms with Gasteiger partial charge in [0.05, 0.1) is 0 Å². The number of carbonyl (C=O) groups is 3. The first-order valence-electron chi connectivity index (χ1n) is 31.3. The van der Waals surface area contributed by atoms with E-state index in [0.29, 0.717) is 19.3 Å². The van der Waals surface area contributed by atoms with Gasteiger partial charge in [0.1, 0.15) is 13.2 Å². The highest BCUT2D eigenvalue weighted by atomic mass is 16.6. The van der Waals surface area contributed by atoms with E-state index in [1.165, 1.54) is 180 Å². The van der Waals surface area contributed by atoms with E-state index in [1.54, 1.807) is 0 Å². The van der Waals surface area contributed by atoms with Crippen LogP contribution in [0.25, 0.3) is 0 Å². The molecule has 0 fully saturated rings. The highest BCUT2D eigenvalue weighted by molar-refractivity contribution is 5.71. The van der Waals surface area contributed by atoms with Crippen molar-refractivity contribution in [2.24, 2.45) is 0 Å². The van der Waals surface area contributed by atoms with E-state index < -0.39 is 6.10 Å². The first-order valence-corrected chi connectivity index (χ1v) is 31.3. The molecular weight excluding hydrogens is 889 g/mol. The molecule has 1 atom stereocenters. The minimum absolute atomic E-state index is 0.0721. The van der Waals surface area contributed by atoms with Gasteiger partial charge >= 0.3 is 17.9 Å². The molecule has 0 aliphatic carbocycles. The van der Waals surface area contributed by atoms with Gasteiger partial charge in [-0.3, -0.25) is 14.4 Å². The number of ether oxygens (including phenoxy) is 3. The summed E-state index contributed by atoms with van der Waals surface area (Å²) in [5.74, 6) is -0.872. The number of carbonyl (C=O) groups excluding carboxylic acids is 3. The summed E-state index contributed by atoms with van der Waals surface area (Å²) in [5.41, 5.74) is 0. The lowest BCUT2D eigenvalue weighted by atomic mass is 10.0. The largest absolute Gasteiger partial charge is 0.462 e. The lowest BCUT2D eigenvalue weighted by Gasteiger charge is -2.18. The van der Waals surface area contributed by atoms with Gasteiger partial charge in [0, 0.05) is 19.3 Å². The van der Waals surface area contributed by atoms with Gasteiger partial charge in [-0.15, -0.1) is 0 Å². The third-order valence-electron chi connectivity index (χ3n) is 13.7. The highest BCUT2D eigenvalue weighted by Crippen LogP contribution is 2.17. The van der Waals surface area contributed by atoms with Crippen LogP contribution in [0.2, 0.25) is 0 Å². The monoisotopic (exact) mass is 1010 g/mol. The van der Waals surface area contributed by atoms with E-state index in [4.69, 9.17) is 14.2 Å². The summed E-state index contributed by atoms with van der Waals surface area (Å²) in [4.78, 5) is 37.9. The zero-order valence-corrected chi connectivity index (χ0v) is 47.9. The van der Waals surface area contributed by atoms with Crippen LogP contribution in [0.5, 0.6) is 0 Å². The van der Waals surface area contributed by atoms with Gasteiger partial charge in [-0.05, 0) is 77.0 Å². The van der Waals surface area contributed by atoms with Crippen molar-refractivity contribution >= 4 is 17.9 Å². The zero-order valence-electron chi connectivity index (χ0n) is 47.9. The molecule has 0 aliphatic heterocycles. The summed E-state index contributed by atoms with van der Waals surface area (Å²) >= 11 is 0. The fraction of sp³-hybridized carbons (Fsp3) is 0.803. The minimum atomic E-state index is -0.771. The van der Waals surface area contributed by atoms with Crippen LogP contribution in [0.1, 0.15) is 323 Å². The molecule has 6 heteroatoms. The zero-order chi connectivity index (χ0) is 52.2. The third kappa shape index (κ3) is 58.0. The van der Waals surface area contributed by atoms with Gasteiger partial charge in [0.25, 0.3) is 0 Å². The summed E-state index contributed by atoms with van der Waals surface area (Å²) in [7, 11) is 0. The standard InChI is InChI=1S/C66H118O6/c1-4-7-10-13-16-19-21-22-23-24-25-26-27-28-29-30-31-32-33-34-35-36-37-38-39-40-41-42-43-44-45-48-50-53-56-59-65(68)71-62-63(61-70-64(67)58-55-52-49-46-18-15-12-9-6-3)72-66(69)60-57-54-51-47-20-17-14-11-8-5-2/h7,10-11,14,16,19,22-23,25-26,63H,4-6,8-9,12-13,15,17-18,20-21,24,27-62H2,1-3H3/b10-7-,14-11-,19-16-,23-22-,26-25-. The molecule has 0 aromatic carbocycles. The molecule has 0 radical (unpaired) electrons. The molecule has 418 valence electrons. The fourth-order valence-electron chi connectivity index (χ4n) is 9.09. The van der Waals surface area contributed by atoms with E-state index in [2.05, 4.69) is 81.5 Å². The maximum absolute atomic E-state index is 12.7. The molecule has 0 spiro atoms. The molecule has 0 N–H and O–H groups in total. The van der Waals surface area contributed by atoms with Crippen LogP contribution in [0.15, 0.2) is 60.8 Å². The Hall–Kier alpha value is -2.89. The van der Waals surface area contributed by atoms with E-state index in [-0.39, 0.29) is 31.1 Å².